The Bertz CT molecular complexity index is 420. The van der Waals surface area contributed by atoms with Crippen molar-refractivity contribution in [1.82, 2.24) is 15.3 Å². The molecule has 2 unspecified atom stereocenters. The Kier molecular flexibility index (Phi) is 3.07. The Balaban J connectivity index is 1.76. The van der Waals surface area contributed by atoms with Gasteiger partial charge in [0, 0.05) is 33.4 Å². The predicted octanol–water partition coefficient (Wildman–Crippen LogP) is 0.588. The van der Waals surface area contributed by atoms with Crippen molar-refractivity contribution in [2.24, 2.45) is 11.8 Å². The first-order chi connectivity index (χ1) is 8.74. The summed E-state index contributed by atoms with van der Waals surface area (Å²) in [6.07, 6.45) is 3.13. The van der Waals surface area contributed by atoms with Crippen molar-refractivity contribution >= 4 is 11.8 Å². The van der Waals surface area contributed by atoms with Gasteiger partial charge in [-0.05, 0) is 37.4 Å². The lowest BCUT2D eigenvalue weighted by Crippen LogP contribution is -2.40. The van der Waals surface area contributed by atoms with E-state index in [0.29, 0.717) is 0 Å². The third-order valence-corrected chi connectivity index (χ3v) is 4.06. The zero-order valence-electron chi connectivity index (χ0n) is 11.1. The number of hydrogen-bond donors (Lipinski definition) is 1. The molecule has 1 aromatic rings. The van der Waals surface area contributed by atoms with Crippen LogP contribution in [0.3, 0.4) is 0 Å². The second kappa shape index (κ2) is 4.72. The molecule has 1 N–H and O–H groups in total. The SMILES string of the molecule is CN(C)c1nccc(N2CCC3CNCC3C2)n1. The summed E-state index contributed by atoms with van der Waals surface area (Å²) in [6, 6.07) is 2.02. The molecule has 98 valence electrons. The van der Waals surface area contributed by atoms with Gasteiger partial charge in [-0.3, -0.25) is 0 Å². The van der Waals surface area contributed by atoms with Crippen LogP contribution >= 0.6 is 0 Å². The molecule has 2 fully saturated rings. The van der Waals surface area contributed by atoms with E-state index in [4.69, 9.17) is 0 Å². The lowest BCUT2D eigenvalue weighted by Gasteiger charge is -2.35. The van der Waals surface area contributed by atoms with Crippen molar-refractivity contribution in [1.29, 1.82) is 0 Å². The molecule has 0 aromatic carbocycles. The lowest BCUT2D eigenvalue weighted by atomic mass is 9.89. The molecule has 2 aliphatic heterocycles. The van der Waals surface area contributed by atoms with E-state index in [-0.39, 0.29) is 0 Å². The monoisotopic (exact) mass is 247 g/mol. The van der Waals surface area contributed by atoms with Crippen LogP contribution in [-0.4, -0.2) is 50.2 Å². The maximum Gasteiger partial charge on any atom is 0.226 e. The first-order valence-electron chi connectivity index (χ1n) is 6.70. The van der Waals surface area contributed by atoms with Crippen LogP contribution in [0.15, 0.2) is 12.3 Å². The molecular formula is C13H21N5. The molecule has 0 aliphatic carbocycles. The summed E-state index contributed by atoms with van der Waals surface area (Å²) in [5.41, 5.74) is 0. The van der Waals surface area contributed by atoms with E-state index in [0.717, 1.165) is 43.2 Å². The van der Waals surface area contributed by atoms with Crippen molar-refractivity contribution in [3.8, 4) is 0 Å². The van der Waals surface area contributed by atoms with E-state index in [2.05, 4.69) is 20.2 Å². The number of fused-ring (bicyclic) bond motifs is 1. The van der Waals surface area contributed by atoms with Crippen molar-refractivity contribution in [3.63, 3.8) is 0 Å². The molecule has 0 bridgehead atoms. The number of aromatic nitrogens is 2. The summed E-state index contributed by atoms with van der Waals surface area (Å²) in [4.78, 5) is 13.3. The van der Waals surface area contributed by atoms with Crippen LogP contribution in [-0.2, 0) is 0 Å². The zero-order valence-corrected chi connectivity index (χ0v) is 11.1. The summed E-state index contributed by atoms with van der Waals surface area (Å²) < 4.78 is 0. The molecule has 1 aromatic heterocycles. The van der Waals surface area contributed by atoms with Crippen molar-refractivity contribution in [2.75, 3.05) is 50.1 Å². The van der Waals surface area contributed by atoms with Gasteiger partial charge in [0.2, 0.25) is 5.95 Å². The van der Waals surface area contributed by atoms with Gasteiger partial charge in [0.05, 0.1) is 0 Å². The fourth-order valence-corrected chi connectivity index (χ4v) is 2.97. The van der Waals surface area contributed by atoms with Gasteiger partial charge in [0.1, 0.15) is 5.82 Å². The highest BCUT2D eigenvalue weighted by Crippen LogP contribution is 2.29. The number of piperidine rings is 1. The van der Waals surface area contributed by atoms with Gasteiger partial charge >= 0.3 is 0 Å². The minimum atomic E-state index is 0.788. The largest absolute Gasteiger partial charge is 0.356 e. The molecular weight excluding hydrogens is 226 g/mol. The van der Waals surface area contributed by atoms with E-state index in [1.165, 1.54) is 13.0 Å². The van der Waals surface area contributed by atoms with Gasteiger partial charge in [0.15, 0.2) is 0 Å². The Labute approximate surface area is 108 Å². The molecule has 0 amide bonds. The molecule has 5 heteroatoms. The Hall–Kier alpha value is -1.36. The number of rotatable bonds is 2. The van der Waals surface area contributed by atoms with Crippen LogP contribution < -0.4 is 15.1 Å². The molecule has 5 nitrogen and oxygen atoms in total. The second-order valence-corrected chi connectivity index (χ2v) is 5.52. The third kappa shape index (κ3) is 2.14. The fourth-order valence-electron chi connectivity index (χ4n) is 2.97. The Morgan fingerprint density at radius 3 is 3.00 bits per heavy atom. The topological polar surface area (TPSA) is 44.3 Å². The average molecular weight is 247 g/mol. The molecule has 0 saturated carbocycles. The van der Waals surface area contributed by atoms with Gasteiger partial charge in [-0.2, -0.15) is 4.98 Å². The quantitative estimate of drug-likeness (QED) is 0.828. The average Bonchev–Trinajstić information content (AvgIpc) is 2.86. The summed E-state index contributed by atoms with van der Waals surface area (Å²) in [7, 11) is 3.96. The smallest absolute Gasteiger partial charge is 0.226 e. The number of nitrogens with one attached hydrogen (secondary N) is 1. The van der Waals surface area contributed by atoms with E-state index in [1.807, 2.05) is 31.3 Å². The Morgan fingerprint density at radius 1 is 1.33 bits per heavy atom. The standard InChI is InChI=1S/C13H21N5/c1-17(2)13-15-5-3-12(16-13)18-6-4-10-7-14-8-11(10)9-18/h3,5,10-11,14H,4,6-9H2,1-2H3. The first kappa shape index (κ1) is 11.7. The van der Waals surface area contributed by atoms with E-state index >= 15 is 0 Å². The van der Waals surface area contributed by atoms with Gasteiger partial charge < -0.3 is 15.1 Å². The predicted molar refractivity (Wildman–Crippen MR) is 73.0 cm³/mol. The summed E-state index contributed by atoms with van der Waals surface area (Å²) >= 11 is 0. The zero-order chi connectivity index (χ0) is 12.5. The number of hydrogen-bond acceptors (Lipinski definition) is 5. The van der Waals surface area contributed by atoms with Crippen LogP contribution in [0.1, 0.15) is 6.42 Å². The molecule has 2 aliphatic rings. The van der Waals surface area contributed by atoms with Gasteiger partial charge in [-0.1, -0.05) is 0 Å². The molecule has 3 rings (SSSR count). The maximum atomic E-state index is 4.63. The molecule has 2 atom stereocenters. The van der Waals surface area contributed by atoms with Crippen LogP contribution in [0.25, 0.3) is 0 Å². The summed E-state index contributed by atoms with van der Waals surface area (Å²) in [5, 5.41) is 3.50. The van der Waals surface area contributed by atoms with Gasteiger partial charge in [0.25, 0.3) is 0 Å². The van der Waals surface area contributed by atoms with Gasteiger partial charge in [-0.25, -0.2) is 4.98 Å². The van der Waals surface area contributed by atoms with Gasteiger partial charge in [-0.15, -0.1) is 0 Å². The molecule has 3 heterocycles. The van der Waals surface area contributed by atoms with Crippen molar-refractivity contribution in [3.05, 3.63) is 12.3 Å². The molecule has 2 saturated heterocycles. The first-order valence-corrected chi connectivity index (χ1v) is 6.70. The molecule has 0 radical (unpaired) electrons. The third-order valence-electron chi connectivity index (χ3n) is 4.06. The highest BCUT2D eigenvalue weighted by molar-refractivity contribution is 5.43. The number of anilines is 2. The second-order valence-electron chi connectivity index (χ2n) is 5.52. The number of nitrogens with zero attached hydrogens (tertiary/aromatic N) is 4. The highest BCUT2D eigenvalue weighted by Gasteiger charge is 2.33. The summed E-state index contributed by atoms with van der Waals surface area (Å²) in [6.45, 7) is 4.60. The molecule has 18 heavy (non-hydrogen) atoms. The van der Waals surface area contributed by atoms with Crippen molar-refractivity contribution < 1.29 is 0 Å². The maximum absolute atomic E-state index is 4.63. The van der Waals surface area contributed by atoms with Crippen LogP contribution in [0, 0.1) is 11.8 Å². The minimum absolute atomic E-state index is 0.788. The van der Waals surface area contributed by atoms with Crippen LogP contribution in [0.2, 0.25) is 0 Å². The van der Waals surface area contributed by atoms with Crippen molar-refractivity contribution in [2.45, 2.75) is 6.42 Å². The Morgan fingerprint density at radius 2 is 2.17 bits per heavy atom. The van der Waals surface area contributed by atoms with E-state index < -0.39 is 0 Å². The van der Waals surface area contributed by atoms with E-state index in [1.54, 1.807) is 0 Å². The summed E-state index contributed by atoms with van der Waals surface area (Å²) in [5.74, 6) is 3.52. The highest BCUT2D eigenvalue weighted by atomic mass is 15.3. The lowest BCUT2D eigenvalue weighted by molar-refractivity contribution is 0.347. The van der Waals surface area contributed by atoms with Crippen LogP contribution in [0.5, 0.6) is 0 Å². The normalized spacial score (nSPS) is 27.1. The van der Waals surface area contributed by atoms with Crippen LogP contribution in [0.4, 0.5) is 11.8 Å². The minimum Gasteiger partial charge on any atom is -0.356 e. The molecule has 0 spiro atoms. The van der Waals surface area contributed by atoms with E-state index in [9.17, 15) is 0 Å². The fraction of sp³-hybridized carbons (Fsp3) is 0.692.